The summed E-state index contributed by atoms with van der Waals surface area (Å²) in [6, 6.07) is 9.63. The van der Waals surface area contributed by atoms with Gasteiger partial charge in [-0.3, -0.25) is 4.72 Å². The molecule has 1 N–H and O–H groups in total. The summed E-state index contributed by atoms with van der Waals surface area (Å²) < 4.78 is 39.8. The van der Waals surface area contributed by atoms with Crippen LogP contribution in [0.1, 0.15) is 0 Å². The highest BCUT2D eigenvalue weighted by atomic mass is 32.2. The van der Waals surface area contributed by atoms with E-state index in [0.717, 1.165) is 5.52 Å². The van der Waals surface area contributed by atoms with Gasteiger partial charge >= 0.3 is 0 Å². The second-order valence-electron chi connectivity index (χ2n) is 5.18. The second kappa shape index (κ2) is 6.04. The first-order chi connectivity index (χ1) is 11.4. The Hall–Kier alpha value is -2.74. The number of imidazole rings is 1. The summed E-state index contributed by atoms with van der Waals surface area (Å²) in [6.45, 7) is 0. The van der Waals surface area contributed by atoms with Gasteiger partial charge in [-0.05, 0) is 30.3 Å². The van der Waals surface area contributed by atoms with Gasteiger partial charge in [0.2, 0.25) is 0 Å². The zero-order chi connectivity index (χ0) is 17.3. The van der Waals surface area contributed by atoms with Crippen molar-refractivity contribution in [2.24, 2.45) is 7.05 Å². The van der Waals surface area contributed by atoms with Crippen molar-refractivity contribution in [1.29, 1.82) is 0 Å². The van der Waals surface area contributed by atoms with Crippen LogP contribution in [0.25, 0.3) is 11.0 Å². The maximum absolute atomic E-state index is 12.6. The van der Waals surface area contributed by atoms with Gasteiger partial charge in [-0.15, -0.1) is 0 Å². The standard InChI is InChI=1S/C16H17N3O4S/c1-19-10-17-13-8-11(4-6-14(13)19)18-24(20,21)12-5-7-15(22-2)16(9-12)23-3/h4-10,18H,1-3H3. The first-order valence-corrected chi connectivity index (χ1v) is 8.59. The van der Waals surface area contributed by atoms with Gasteiger partial charge in [-0.2, -0.15) is 0 Å². The number of nitrogens with zero attached hydrogens (tertiary/aromatic N) is 2. The normalized spacial score (nSPS) is 11.5. The van der Waals surface area contributed by atoms with Crippen molar-refractivity contribution in [1.82, 2.24) is 9.55 Å². The number of aromatic nitrogens is 2. The lowest BCUT2D eigenvalue weighted by Gasteiger charge is -2.11. The topological polar surface area (TPSA) is 82.5 Å². The van der Waals surface area contributed by atoms with E-state index < -0.39 is 10.0 Å². The molecule has 0 spiro atoms. The molecule has 0 unspecified atom stereocenters. The summed E-state index contributed by atoms with van der Waals surface area (Å²) >= 11 is 0. The minimum atomic E-state index is -3.75. The highest BCUT2D eigenvalue weighted by molar-refractivity contribution is 7.92. The maximum Gasteiger partial charge on any atom is 0.262 e. The highest BCUT2D eigenvalue weighted by Crippen LogP contribution is 2.30. The molecule has 0 aliphatic heterocycles. The molecule has 2 aromatic carbocycles. The van der Waals surface area contributed by atoms with Gasteiger partial charge in [0, 0.05) is 13.1 Å². The predicted octanol–water partition coefficient (Wildman–Crippen LogP) is 2.39. The molecule has 0 fully saturated rings. The number of sulfonamides is 1. The Bertz CT molecular complexity index is 996. The molecule has 8 heteroatoms. The molecule has 0 amide bonds. The zero-order valence-corrected chi connectivity index (χ0v) is 14.3. The summed E-state index contributed by atoms with van der Waals surface area (Å²) in [5.74, 6) is 0.812. The van der Waals surface area contributed by atoms with Crippen LogP contribution in [0, 0.1) is 0 Å². The number of methoxy groups -OCH3 is 2. The van der Waals surface area contributed by atoms with Crippen molar-refractivity contribution < 1.29 is 17.9 Å². The van der Waals surface area contributed by atoms with Crippen molar-refractivity contribution in [2.45, 2.75) is 4.90 Å². The van der Waals surface area contributed by atoms with Crippen molar-refractivity contribution in [3.8, 4) is 11.5 Å². The molecule has 1 aromatic heterocycles. The molecule has 0 aliphatic carbocycles. The Balaban J connectivity index is 1.95. The number of aryl methyl sites for hydroxylation is 1. The maximum atomic E-state index is 12.6. The summed E-state index contributed by atoms with van der Waals surface area (Å²) in [5.41, 5.74) is 2.07. The Kier molecular flexibility index (Phi) is 4.06. The van der Waals surface area contributed by atoms with Gasteiger partial charge in [0.1, 0.15) is 0 Å². The number of hydrogen-bond acceptors (Lipinski definition) is 5. The van der Waals surface area contributed by atoms with E-state index in [1.807, 2.05) is 17.7 Å². The van der Waals surface area contributed by atoms with Gasteiger partial charge in [-0.1, -0.05) is 0 Å². The first kappa shape index (κ1) is 16.1. The van der Waals surface area contributed by atoms with E-state index in [1.165, 1.54) is 26.4 Å². The molecule has 0 atom stereocenters. The number of fused-ring (bicyclic) bond motifs is 1. The number of hydrogen-bond donors (Lipinski definition) is 1. The second-order valence-corrected chi connectivity index (χ2v) is 6.86. The Labute approximate surface area is 139 Å². The lowest BCUT2D eigenvalue weighted by Crippen LogP contribution is -2.13. The molecule has 3 rings (SSSR count). The number of nitrogens with one attached hydrogen (secondary N) is 1. The van der Waals surface area contributed by atoms with Crippen LogP contribution in [0.4, 0.5) is 5.69 Å². The van der Waals surface area contributed by atoms with Crippen molar-refractivity contribution in [3.05, 3.63) is 42.7 Å². The number of benzene rings is 2. The van der Waals surface area contributed by atoms with Crippen molar-refractivity contribution in [3.63, 3.8) is 0 Å². The fraction of sp³-hybridized carbons (Fsp3) is 0.188. The number of rotatable bonds is 5. The summed E-state index contributed by atoms with van der Waals surface area (Å²) in [7, 11) is 1.07. The monoisotopic (exact) mass is 347 g/mol. The summed E-state index contributed by atoms with van der Waals surface area (Å²) in [5, 5.41) is 0. The van der Waals surface area contributed by atoms with E-state index in [1.54, 1.807) is 24.5 Å². The van der Waals surface area contributed by atoms with Crippen LogP contribution < -0.4 is 14.2 Å². The minimum absolute atomic E-state index is 0.0845. The van der Waals surface area contributed by atoms with E-state index >= 15 is 0 Å². The quantitative estimate of drug-likeness (QED) is 0.766. The molecule has 0 radical (unpaired) electrons. The van der Waals surface area contributed by atoms with Crippen molar-refractivity contribution >= 4 is 26.7 Å². The fourth-order valence-electron chi connectivity index (χ4n) is 2.40. The van der Waals surface area contributed by atoms with Crippen LogP contribution in [0.2, 0.25) is 0 Å². The SMILES string of the molecule is COc1ccc(S(=O)(=O)Nc2ccc3c(c2)ncn3C)cc1OC. The molecule has 7 nitrogen and oxygen atoms in total. The van der Waals surface area contributed by atoms with Crippen LogP contribution in [-0.2, 0) is 17.1 Å². The van der Waals surface area contributed by atoms with E-state index in [2.05, 4.69) is 9.71 Å². The molecule has 0 saturated carbocycles. The number of ether oxygens (including phenoxy) is 2. The van der Waals surface area contributed by atoms with Gasteiger partial charge < -0.3 is 14.0 Å². The Morgan fingerprint density at radius 2 is 1.79 bits per heavy atom. The fourth-order valence-corrected chi connectivity index (χ4v) is 3.46. The van der Waals surface area contributed by atoms with Crippen LogP contribution in [-0.4, -0.2) is 32.2 Å². The third kappa shape index (κ3) is 2.88. The van der Waals surface area contributed by atoms with Gasteiger partial charge in [0.15, 0.2) is 11.5 Å². The van der Waals surface area contributed by atoms with E-state index in [9.17, 15) is 8.42 Å². The van der Waals surface area contributed by atoms with Crippen molar-refractivity contribution in [2.75, 3.05) is 18.9 Å². The molecule has 1 heterocycles. The average Bonchev–Trinajstić information content (AvgIpc) is 2.94. The molecule has 0 saturated heterocycles. The van der Waals surface area contributed by atoms with Crippen LogP contribution in [0.5, 0.6) is 11.5 Å². The highest BCUT2D eigenvalue weighted by Gasteiger charge is 2.17. The van der Waals surface area contributed by atoms with Gasteiger partial charge in [-0.25, -0.2) is 13.4 Å². The summed E-state index contributed by atoms with van der Waals surface area (Å²) in [4.78, 5) is 4.31. The largest absolute Gasteiger partial charge is 0.493 e. The van der Waals surface area contributed by atoms with Crippen LogP contribution >= 0.6 is 0 Å². The summed E-state index contributed by atoms with van der Waals surface area (Å²) in [6.07, 6.45) is 1.68. The van der Waals surface area contributed by atoms with Crippen LogP contribution in [0.3, 0.4) is 0 Å². The van der Waals surface area contributed by atoms with Crippen LogP contribution in [0.15, 0.2) is 47.6 Å². The third-order valence-electron chi connectivity index (χ3n) is 3.64. The molecule has 0 aliphatic rings. The predicted molar refractivity (Wildman–Crippen MR) is 91.1 cm³/mol. The van der Waals surface area contributed by atoms with E-state index in [-0.39, 0.29) is 4.90 Å². The lowest BCUT2D eigenvalue weighted by atomic mass is 10.3. The Morgan fingerprint density at radius 3 is 2.50 bits per heavy atom. The smallest absolute Gasteiger partial charge is 0.262 e. The first-order valence-electron chi connectivity index (χ1n) is 7.10. The zero-order valence-electron chi connectivity index (χ0n) is 13.5. The molecule has 3 aromatic rings. The van der Waals surface area contributed by atoms with E-state index in [0.29, 0.717) is 22.7 Å². The third-order valence-corrected chi connectivity index (χ3v) is 5.02. The molecule has 126 valence electrons. The molecule has 0 bridgehead atoms. The Morgan fingerprint density at radius 1 is 1.04 bits per heavy atom. The van der Waals surface area contributed by atoms with Gasteiger partial charge in [0.05, 0.1) is 42.2 Å². The minimum Gasteiger partial charge on any atom is -0.493 e. The van der Waals surface area contributed by atoms with Gasteiger partial charge in [0.25, 0.3) is 10.0 Å². The lowest BCUT2D eigenvalue weighted by molar-refractivity contribution is 0.354. The number of anilines is 1. The molecular weight excluding hydrogens is 330 g/mol. The average molecular weight is 347 g/mol. The van der Waals surface area contributed by atoms with E-state index in [4.69, 9.17) is 9.47 Å². The molecular formula is C16H17N3O4S. The molecule has 24 heavy (non-hydrogen) atoms.